The van der Waals surface area contributed by atoms with Crippen LogP contribution >= 0.6 is 11.6 Å². The Morgan fingerprint density at radius 1 is 0.932 bits per heavy atom. The predicted molar refractivity (Wildman–Crippen MR) is 139 cm³/mol. The summed E-state index contributed by atoms with van der Waals surface area (Å²) in [6.45, 7) is 2.21. The maximum Gasteiger partial charge on any atom is 0.417 e. The van der Waals surface area contributed by atoms with Gasteiger partial charge < -0.3 is 9.47 Å². The molecule has 1 heterocycles. The van der Waals surface area contributed by atoms with Gasteiger partial charge in [0, 0.05) is 12.6 Å². The summed E-state index contributed by atoms with van der Waals surface area (Å²) in [6.07, 6.45) is -17.1. The highest BCUT2D eigenvalue weighted by Gasteiger charge is 2.49. The number of rotatable bonds is 5. The molecule has 0 aromatic heterocycles. The van der Waals surface area contributed by atoms with E-state index < -0.39 is 82.7 Å². The van der Waals surface area contributed by atoms with E-state index in [1.54, 1.807) is 13.8 Å². The Labute approximate surface area is 250 Å². The molecule has 2 aliphatic rings. The van der Waals surface area contributed by atoms with Crippen LogP contribution in [0.4, 0.5) is 54.8 Å². The Hall–Kier alpha value is -3.36. The molecule has 0 saturated heterocycles. The van der Waals surface area contributed by atoms with Gasteiger partial charge in [0.1, 0.15) is 0 Å². The van der Waals surface area contributed by atoms with Crippen LogP contribution < -0.4 is 4.90 Å². The van der Waals surface area contributed by atoms with Crippen molar-refractivity contribution in [3.05, 3.63) is 63.2 Å². The molecule has 6 nitrogen and oxygen atoms in total. The van der Waals surface area contributed by atoms with E-state index in [0.717, 1.165) is 23.0 Å². The number of fused-ring (bicyclic) bond motifs is 1. The molecule has 0 bridgehead atoms. The van der Waals surface area contributed by atoms with Gasteiger partial charge in [0.25, 0.3) is 0 Å². The van der Waals surface area contributed by atoms with E-state index >= 15 is 0 Å². The lowest BCUT2D eigenvalue weighted by atomic mass is 9.86. The van der Waals surface area contributed by atoms with E-state index in [1.807, 2.05) is 0 Å². The van der Waals surface area contributed by atoms with Crippen LogP contribution in [0.5, 0.6) is 0 Å². The van der Waals surface area contributed by atoms with Crippen molar-refractivity contribution in [3.8, 4) is 0 Å². The van der Waals surface area contributed by atoms with Crippen molar-refractivity contribution < 1.29 is 58.6 Å². The zero-order valence-corrected chi connectivity index (χ0v) is 24.1. The number of alkyl halides is 9. The van der Waals surface area contributed by atoms with Gasteiger partial charge in [-0.1, -0.05) is 11.6 Å². The number of methoxy groups -OCH3 is 1. The van der Waals surface area contributed by atoms with E-state index in [4.69, 9.17) is 21.1 Å². The zero-order valence-electron chi connectivity index (χ0n) is 23.3. The second kappa shape index (κ2) is 11.9. The number of hydrogen-bond donors (Lipinski definition) is 0. The predicted octanol–water partition coefficient (Wildman–Crippen LogP) is 9.24. The van der Waals surface area contributed by atoms with Gasteiger partial charge in [-0.15, -0.1) is 0 Å². The van der Waals surface area contributed by atoms with Crippen molar-refractivity contribution in [2.24, 2.45) is 5.92 Å². The minimum Gasteiger partial charge on any atom is -0.453 e. The number of halogens is 10. The van der Waals surface area contributed by atoms with Crippen molar-refractivity contribution in [2.75, 3.05) is 12.0 Å². The molecule has 1 aliphatic heterocycles. The molecule has 1 fully saturated rings. The van der Waals surface area contributed by atoms with Crippen LogP contribution in [-0.2, 0) is 34.5 Å². The Balaban J connectivity index is 1.92. The van der Waals surface area contributed by atoms with Crippen molar-refractivity contribution >= 4 is 29.5 Å². The van der Waals surface area contributed by atoms with Gasteiger partial charge in [-0.05, 0) is 80.5 Å². The Kier molecular flexibility index (Phi) is 9.04. The normalized spacial score (nSPS) is 19.1. The van der Waals surface area contributed by atoms with Crippen LogP contribution in [0.3, 0.4) is 0 Å². The quantitative estimate of drug-likeness (QED) is 0.300. The van der Waals surface area contributed by atoms with Crippen LogP contribution in [0.15, 0.2) is 30.3 Å². The minimum absolute atomic E-state index is 0.0825. The minimum atomic E-state index is -5.18. The maximum absolute atomic E-state index is 14.0. The Morgan fingerprint density at radius 2 is 1.50 bits per heavy atom. The first-order valence-corrected chi connectivity index (χ1v) is 13.6. The van der Waals surface area contributed by atoms with E-state index in [0.29, 0.717) is 31.0 Å². The fourth-order valence-electron chi connectivity index (χ4n) is 5.31. The van der Waals surface area contributed by atoms with Gasteiger partial charge in [-0.2, -0.15) is 39.5 Å². The molecule has 44 heavy (non-hydrogen) atoms. The molecule has 1 saturated carbocycles. The lowest BCUT2D eigenvalue weighted by molar-refractivity contribution is -0.143. The van der Waals surface area contributed by atoms with Crippen molar-refractivity contribution in [1.29, 1.82) is 0 Å². The molecule has 1 aliphatic carbocycles. The highest BCUT2D eigenvalue weighted by atomic mass is 35.5. The molecule has 0 N–H and O–H groups in total. The van der Waals surface area contributed by atoms with Gasteiger partial charge >= 0.3 is 30.7 Å². The smallest absolute Gasteiger partial charge is 0.417 e. The van der Waals surface area contributed by atoms with Gasteiger partial charge in [0.05, 0.1) is 46.7 Å². The van der Waals surface area contributed by atoms with Gasteiger partial charge in [-0.3, -0.25) is 9.80 Å². The summed E-state index contributed by atoms with van der Waals surface area (Å²) >= 11 is 6.01. The molecule has 4 rings (SSSR count). The first-order valence-electron chi connectivity index (χ1n) is 13.3. The van der Waals surface area contributed by atoms with Gasteiger partial charge in [0.15, 0.2) is 0 Å². The van der Waals surface area contributed by atoms with Crippen LogP contribution in [-0.4, -0.2) is 36.3 Å². The SMILES string of the molecule is COC(=O)N(Cc1cc(C(F)(F)F)cc(C(F)(F)F)c1)[C@@H]1C[C@H](C2CC2)N(C(=O)OC(C)C)c2cc(Cl)c(C(F)(F)F)cc21. The molecule has 242 valence electrons. The molecule has 16 heteroatoms. The lowest BCUT2D eigenvalue weighted by Gasteiger charge is -2.44. The maximum atomic E-state index is 14.0. The highest BCUT2D eigenvalue weighted by molar-refractivity contribution is 6.31. The third kappa shape index (κ3) is 7.13. The molecule has 2 atom stereocenters. The molecular weight excluding hydrogens is 635 g/mol. The Bertz CT molecular complexity index is 1390. The first-order chi connectivity index (χ1) is 20.2. The number of hydrogen-bond acceptors (Lipinski definition) is 4. The fraction of sp³-hybridized carbons (Fsp3) is 0.500. The summed E-state index contributed by atoms with van der Waals surface area (Å²) in [4.78, 5) is 28.2. The fourth-order valence-corrected chi connectivity index (χ4v) is 5.58. The third-order valence-corrected chi connectivity index (χ3v) is 7.63. The zero-order chi connectivity index (χ0) is 32.9. The molecule has 0 radical (unpaired) electrons. The summed E-state index contributed by atoms with van der Waals surface area (Å²) in [6, 6.07) is 0.125. The van der Waals surface area contributed by atoms with Crippen molar-refractivity contribution in [1.82, 2.24) is 4.90 Å². The summed E-state index contributed by atoms with van der Waals surface area (Å²) in [7, 11) is 0.903. The molecule has 2 amide bonds. The van der Waals surface area contributed by atoms with E-state index in [9.17, 15) is 49.1 Å². The lowest BCUT2D eigenvalue weighted by Crippen LogP contribution is -2.50. The van der Waals surface area contributed by atoms with Crippen LogP contribution in [0.2, 0.25) is 5.02 Å². The summed E-state index contributed by atoms with van der Waals surface area (Å²) in [5, 5.41) is -0.772. The van der Waals surface area contributed by atoms with E-state index in [1.165, 1.54) is 0 Å². The summed E-state index contributed by atoms with van der Waals surface area (Å²) in [5.74, 6) is -0.184. The number of anilines is 1. The van der Waals surface area contributed by atoms with Crippen molar-refractivity contribution in [3.63, 3.8) is 0 Å². The van der Waals surface area contributed by atoms with Gasteiger partial charge in [0.2, 0.25) is 0 Å². The second-order valence-electron chi connectivity index (χ2n) is 10.9. The van der Waals surface area contributed by atoms with E-state index in [2.05, 4.69) is 0 Å². The number of benzene rings is 2. The molecule has 0 unspecified atom stereocenters. The molecular formula is C28H26ClF9N2O4. The molecule has 2 aromatic rings. The number of ether oxygens (including phenoxy) is 2. The standard InChI is InChI=1S/C28H26ClF9N2O4/c1-13(2)44-25(42)40-21(15-4-5-15)11-22(18-9-19(28(36,37)38)20(29)10-23(18)40)39(24(41)43-3)12-14-6-16(26(30,31)32)8-17(7-14)27(33,34)35/h6-10,13,15,21-22H,4-5,11-12H2,1-3H3/t21-,22-/m1/s1. The summed E-state index contributed by atoms with van der Waals surface area (Å²) in [5.41, 5.74) is -5.62. The average Bonchev–Trinajstić information content (AvgIpc) is 3.73. The monoisotopic (exact) mass is 660 g/mol. The number of carbonyl (C=O) groups is 2. The third-order valence-electron chi connectivity index (χ3n) is 7.32. The average molecular weight is 661 g/mol. The largest absolute Gasteiger partial charge is 0.453 e. The van der Waals surface area contributed by atoms with Crippen LogP contribution in [0, 0.1) is 5.92 Å². The molecule has 0 spiro atoms. The van der Waals surface area contributed by atoms with E-state index in [-0.39, 0.29) is 29.7 Å². The highest BCUT2D eigenvalue weighted by Crippen LogP contribution is 2.51. The number of nitrogens with zero attached hydrogens (tertiary/aromatic N) is 2. The topological polar surface area (TPSA) is 59.1 Å². The second-order valence-corrected chi connectivity index (χ2v) is 11.3. The molecule has 2 aromatic carbocycles. The van der Waals surface area contributed by atoms with Crippen molar-refractivity contribution in [2.45, 2.75) is 76.4 Å². The summed E-state index contributed by atoms with van der Waals surface area (Å²) < 4.78 is 133. The van der Waals surface area contributed by atoms with Crippen LogP contribution in [0.1, 0.15) is 67.0 Å². The first kappa shape index (κ1) is 33.5. The van der Waals surface area contributed by atoms with Crippen LogP contribution in [0.25, 0.3) is 0 Å². The number of amides is 2. The Morgan fingerprint density at radius 3 is 1.95 bits per heavy atom. The number of carbonyl (C=O) groups excluding carboxylic acids is 2. The van der Waals surface area contributed by atoms with Gasteiger partial charge in [-0.25, -0.2) is 9.59 Å².